The van der Waals surface area contributed by atoms with Crippen molar-refractivity contribution < 1.29 is 4.79 Å². The summed E-state index contributed by atoms with van der Waals surface area (Å²) in [6.45, 7) is 8.17. The summed E-state index contributed by atoms with van der Waals surface area (Å²) in [5.74, 6) is 0.933. The molecule has 0 aromatic carbocycles. The number of amides is 1. The van der Waals surface area contributed by atoms with Crippen LogP contribution in [-0.4, -0.2) is 55.0 Å². The highest BCUT2D eigenvalue weighted by Gasteiger charge is 2.26. The van der Waals surface area contributed by atoms with Gasteiger partial charge in [0.05, 0.1) is 0 Å². The molecule has 1 aliphatic heterocycles. The molecule has 1 rings (SSSR count). The molecule has 0 radical (unpaired) electrons. The highest BCUT2D eigenvalue weighted by molar-refractivity contribution is 5.85. The van der Waals surface area contributed by atoms with Crippen molar-refractivity contribution in [2.75, 3.05) is 33.2 Å². The van der Waals surface area contributed by atoms with Crippen LogP contribution in [0.3, 0.4) is 0 Å². The van der Waals surface area contributed by atoms with E-state index in [0.29, 0.717) is 12.3 Å². The number of carbonyl (C=O) groups excluding carboxylic acids is 1. The van der Waals surface area contributed by atoms with Gasteiger partial charge in [-0.25, -0.2) is 0 Å². The largest absolute Gasteiger partial charge is 0.342 e. The smallest absolute Gasteiger partial charge is 0.222 e. The molecule has 0 aliphatic carbocycles. The Hall–Kier alpha value is -0.0300. The lowest BCUT2D eigenvalue weighted by molar-refractivity contribution is -0.130. The highest BCUT2D eigenvalue weighted by Crippen LogP contribution is 2.18. The number of nitrogens with zero attached hydrogens (tertiary/aromatic N) is 2. The van der Waals surface area contributed by atoms with E-state index in [1.165, 1.54) is 0 Å². The van der Waals surface area contributed by atoms with Crippen molar-refractivity contribution in [2.45, 2.75) is 39.2 Å². The molecule has 2 unspecified atom stereocenters. The second-order valence-corrected chi connectivity index (χ2v) is 5.37. The minimum Gasteiger partial charge on any atom is -0.342 e. The van der Waals surface area contributed by atoms with E-state index < -0.39 is 0 Å². The van der Waals surface area contributed by atoms with Crippen LogP contribution < -0.4 is 5.73 Å². The topological polar surface area (TPSA) is 49.6 Å². The van der Waals surface area contributed by atoms with Crippen LogP contribution in [0.25, 0.3) is 0 Å². The zero-order valence-corrected chi connectivity index (χ0v) is 13.9. The Bertz CT molecular complexity index is 252. The van der Waals surface area contributed by atoms with Crippen LogP contribution in [0.2, 0.25) is 0 Å². The molecule has 1 aliphatic rings. The second kappa shape index (κ2) is 10.7. The van der Waals surface area contributed by atoms with E-state index in [4.69, 9.17) is 5.73 Å². The van der Waals surface area contributed by atoms with Gasteiger partial charge in [-0.3, -0.25) is 4.79 Å². The molecule has 1 heterocycles. The molecule has 1 amide bonds. The van der Waals surface area contributed by atoms with Crippen LogP contribution in [0.1, 0.15) is 33.1 Å². The van der Waals surface area contributed by atoms with Gasteiger partial charge in [0.25, 0.3) is 0 Å². The Kier molecular flexibility index (Phi) is 12.0. The van der Waals surface area contributed by atoms with Gasteiger partial charge in [0.15, 0.2) is 0 Å². The number of nitrogens with two attached hydrogens (primary N) is 1. The first kappa shape index (κ1) is 21.3. The van der Waals surface area contributed by atoms with Crippen LogP contribution in [-0.2, 0) is 4.79 Å². The van der Waals surface area contributed by atoms with Crippen molar-refractivity contribution in [1.29, 1.82) is 0 Å². The Balaban J connectivity index is 0. The molecule has 6 heteroatoms. The van der Waals surface area contributed by atoms with Crippen LogP contribution in [0.15, 0.2) is 0 Å². The van der Waals surface area contributed by atoms with Crippen molar-refractivity contribution in [1.82, 2.24) is 9.80 Å². The molecule has 0 aromatic heterocycles. The van der Waals surface area contributed by atoms with E-state index in [1.807, 2.05) is 11.8 Å². The molecule has 1 fully saturated rings. The minimum atomic E-state index is 0. The van der Waals surface area contributed by atoms with Crippen molar-refractivity contribution in [3.8, 4) is 0 Å². The van der Waals surface area contributed by atoms with Crippen LogP contribution >= 0.6 is 24.8 Å². The third kappa shape index (κ3) is 7.98. The van der Waals surface area contributed by atoms with Crippen molar-refractivity contribution in [2.24, 2.45) is 11.7 Å². The van der Waals surface area contributed by atoms with Gasteiger partial charge in [-0.1, -0.05) is 6.92 Å². The summed E-state index contributed by atoms with van der Waals surface area (Å²) < 4.78 is 0. The minimum absolute atomic E-state index is 0. The first-order chi connectivity index (χ1) is 8.02. The third-order valence-electron chi connectivity index (χ3n) is 3.56. The summed E-state index contributed by atoms with van der Waals surface area (Å²) in [7, 11) is 2.14. The van der Waals surface area contributed by atoms with Gasteiger partial charge in [-0.05, 0) is 39.3 Å². The predicted octanol–water partition coefficient (Wildman–Crippen LogP) is 1.76. The summed E-state index contributed by atoms with van der Waals surface area (Å²) in [4.78, 5) is 16.2. The summed E-state index contributed by atoms with van der Waals surface area (Å²) in [5, 5.41) is 0. The first-order valence-corrected chi connectivity index (χ1v) is 6.74. The molecule has 4 nitrogen and oxygen atoms in total. The van der Waals surface area contributed by atoms with Gasteiger partial charge < -0.3 is 15.5 Å². The maximum Gasteiger partial charge on any atom is 0.222 e. The number of halogens is 2. The Morgan fingerprint density at radius 2 is 2.11 bits per heavy atom. The van der Waals surface area contributed by atoms with Gasteiger partial charge in [-0.2, -0.15) is 0 Å². The second-order valence-electron chi connectivity index (χ2n) is 5.37. The summed E-state index contributed by atoms with van der Waals surface area (Å²) in [5.41, 5.74) is 5.67. The molecule has 116 valence electrons. The molecule has 0 spiro atoms. The first-order valence-electron chi connectivity index (χ1n) is 6.74. The normalized spacial score (nSPS) is 19.8. The Labute approximate surface area is 129 Å². The van der Waals surface area contributed by atoms with E-state index in [1.54, 1.807) is 0 Å². The molecule has 2 N–H and O–H groups in total. The van der Waals surface area contributed by atoms with E-state index in [0.717, 1.165) is 39.0 Å². The molecule has 1 saturated heterocycles. The van der Waals surface area contributed by atoms with Crippen molar-refractivity contribution >= 4 is 30.7 Å². The predicted molar refractivity (Wildman–Crippen MR) is 85.2 cm³/mol. The van der Waals surface area contributed by atoms with Crippen molar-refractivity contribution in [3.05, 3.63) is 0 Å². The van der Waals surface area contributed by atoms with E-state index in [2.05, 4.69) is 18.9 Å². The highest BCUT2D eigenvalue weighted by atomic mass is 35.5. The molecule has 0 aromatic rings. The quantitative estimate of drug-likeness (QED) is 0.813. The van der Waals surface area contributed by atoms with E-state index in [-0.39, 0.29) is 36.8 Å². The van der Waals surface area contributed by atoms with Gasteiger partial charge in [0.2, 0.25) is 5.91 Å². The number of likely N-dealkylation sites (tertiary alicyclic amines) is 1. The molecular formula is C13H29Cl2N3O. The number of hydrogen-bond acceptors (Lipinski definition) is 3. The molecule has 2 atom stereocenters. The summed E-state index contributed by atoms with van der Waals surface area (Å²) >= 11 is 0. The lowest BCUT2D eigenvalue weighted by Crippen LogP contribution is -2.32. The molecular weight excluding hydrogens is 285 g/mol. The monoisotopic (exact) mass is 313 g/mol. The average Bonchev–Trinajstić information content (AvgIpc) is 2.74. The Morgan fingerprint density at radius 3 is 2.63 bits per heavy atom. The Morgan fingerprint density at radius 1 is 1.47 bits per heavy atom. The standard InChI is InChI=1S/C13H27N3O.2ClH/c1-4-15(3)9-12-7-8-16(10-12)13(17)6-5-11(2)14;;/h11-12H,4-10,14H2,1-3H3;2*1H. The summed E-state index contributed by atoms with van der Waals surface area (Å²) in [6, 6.07) is 0.128. The number of rotatable bonds is 6. The molecule has 0 bridgehead atoms. The average molecular weight is 314 g/mol. The zero-order chi connectivity index (χ0) is 12.8. The fourth-order valence-corrected chi connectivity index (χ4v) is 2.29. The van der Waals surface area contributed by atoms with E-state index in [9.17, 15) is 4.79 Å². The van der Waals surface area contributed by atoms with Crippen LogP contribution in [0, 0.1) is 5.92 Å². The van der Waals surface area contributed by atoms with Crippen molar-refractivity contribution in [3.63, 3.8) is 0 Å². The fourth-order valence-electron chi connectivity index (χ4n) is 2.29. The SMILES string of the molecule is CCN(C)CC1CCN(C(=O)CCC(C)N)C1.Cl.Cl. The van der Waals surface area contributed by atoms with Gasteiger partial charge in [-0.15, -0.1) is 24.8 Å². The number of hydrogen-bond donors (Lipinski definition) is 1. The van der Waals surface area contributed by atoms with Gasteiger partial charge in [0, 0.05) is 32.1 Å². The zero-order valence-electron chi connectivity index (χ0n) is 12.3. The lowest BCUT2D eigenvalue weighted by atomic mass is 10.1. The van der Waals surface area contributed by atoms with Crippen LogP contribution in [0.4, 0.5) is 0 Å². The van der Waals surface area contributed by atoms with E-state index >= 15 is 0 Å². The van der Waals surface area contributed by atoms with Gasteiger partial charge in [0.1, 0.15) is 0 Å². The van der Waals surface area contributed by atoms with Gasteiger partial charge >= 0.3 is 0 Å². The maximum absolute atomic E-state index is 11.9. The fraction of sp³-hybridized carbons (Fsp3) is 0.923. The lowest BCUT2D eigenvalue weighted by Gasteiger charge is -2.20. The molecule has 0 saturated carbocycles. The third-order valence-corrected chi connectivity index (χ3v) is 3.56. The number of carbonyl (C=O) groups is 1. The van der Waals surface area contributed by atoms with Crippen LogP contribution in [0.5, 0.6) is 0 Å². The summed E-state index contributed by atoms with van der Waals surface area (Å²) in [6.07, 6.45) is 2.55. The molecule has 19 heavy (non-hydrogen) atoms. The maximum atomic E-state index is 11.9.